The largest absolute Gasteiger partial charge is 0.471 e. The normalized spacial score (nSPS) is 25.7. The number of ketones is 1. The quantitative estimate of drug-likeness (QED) is 0.369. The number of alkyl halides is 3. The molecule has 2 saturated heterocycles. The van der Waals surface area contributed by atoms with Gasteiger partial charge in [-0.2, -0.15) is 13.2 Å². The van der Waals surface area contributed by atoms with Gasteiger partial charge in [0.15, 0.2) is 5.01 Å². The van der Waals surface area contributed by atoms with Crippen LogP contribution in [-0.2, 0) is 19.2 Å². The lowest BCUT2D eigenvalue weighted by Gasteiger charge is -2.35. The van der Waals surface area contributed by atoms with Crippen LogP contribution in [0, 0.1) is 29.1 Å². The zero-order valence-corrected chi connectivity index (χ0v) is 25.0. The van der Waals surface area contributed by atoms with Crippen molar-refractivity contribution in [1.82, 2.24) is 25.8 Å². The summed E-state index contributed by atoms with van der Waals surface area (Å²) in [7, 11) is 0. The van der Waals surface area contributed by atoms with Crippen LogP contribution in [0.4, 0.5) is 13.2 Å². The molecule has 0 radical (unpaired) electrons. The van der Waals surface area contributed by atoms with E-state index in [-0.39, 0.29) is 41.1 Å². The first kappa shape index (κ1) is 30.9. The van der Waals surface area contributed by atoms with Crippen LogP contribution in [0.25, 0.3) is 10.2 Å². The number of hydrogen-bond donors (Lipinski definition) is 3. The lowest BCUT2D eigenvalue weighted by atomic mass is 9.94. The Morgan fingerprint density at radius 3 is 2.47 bits per heavy atom. The lowest BCUT2D eigenvalue weighted by Crippen LogP contribution is -2.59. The molecule has 43 heavy (non-hydrogen) atoms. The van der Waals surface area contributed by atoms with Crippen molar-refractivity contribution in [3.05, 3.63) is 29.3 Å². The fraction of sp³-hybridized carbons (Fsp3) is 0.586. The summed E-state index contributed by atoms with van der Waals surface area (Å²) in [5.41, 5.74) is 0.300. The number of nitrogens with zero attached hydrogens (tertiary/aromatic N) is 2. The first-order valence-electron chi connectivity index (χ1n) is 14.3. The van der Waals surface area contributed by atoms with E-state index in [1.165, 1.54) is 30.1 Å². The molecule has 2 aliphatic heterocycles. The van der Waals surface area contributed by atoms with Crippen LogP contribution >= 0.6 is 11.3 Å². The molecule has 0 spiro atoms. The van der Waals surface area contributed by atoms with E-state index in [0.29, 0.717) is 18.5 Å². The summed E-state index contributed by atoms with van der Waals surface area (Å²) in [6.45, 7) is 7.48. The van der Waals surface area contributed by atoms with Crippen LogP contribution in [0.3, 0.4) is 0 Å². The maximum Gasteiger partial charge on any atom is 0.471 e. The number of amides is 4. The molecule has 232 valence electrons. The van der Waals surface area contributed by atoms with Crippen LogP contribution in [0.1, 0.15) is 50.3 Å². The van der Waals surface area contributed by atoms with Crippen LogP contribution < -0.4 is 16.0 Å². The molecule has 6 atom stereocenters. The van der Waals surface area contributed by atoms with E-state index >= 15 is 0 Å². The number of carbonyl (C=O) groups excluding carboxylic acids is 5. The van der Waals surface area contributed by atoms with Gasteiger partial charge in [-0.1, -0.05) is 39.8 Å². The molecule has 1 saturated carbocycles. The average molecular weight is 622 g/mol. The average Bonchev–Trinajstić information content (AvgIpc) is 3.45. The Morgan fingerprint density at radius 1 is 1.16 bits per heavy atom. The molecule has 10 nitrogen and oxygen atoms in total. The third-order valence-electron chi connectivity index (χ3n) is 9.06. The second kappa shape index (κ2) is 11.2. The number of piperidine rings is 1. The Labute approximate surface area is 250 Å². The smallest absolute Gasteiger partial charge is 0.356 e. The van der Waals surface area contributed by atoms with Crippen LogP contribution in [0.15, 0.2) is 24.3 Å². The zero-order valence-electron chi connectivity index (χ0n) is 24.2. The van der Waals surface area contributed by atoms with Gasteiger partial charge in [0.2, 0.25) is 23.5 Å². The third-order valence-corrected chi connectivity index (χ3v) is 10.1. The molecule has 1 aliphatic carbocycles. The summed E-state index contributed by atoms with van der Waals surface area (Å²) in [6, 6.07) is 3.50. The molecule has 1 aromatic carbocycles. The molecule has 5 rings (SSSR count). The lowest BCUT2D eigenvalue weighted by molar-refractivity contribution is -0.175. The third kappa shape index (κ3) is 5.85. The summed E-state index contributed by atoms with van der Waals surface area (Å²) in [4.78, 5) is 71.2. The molecule has 3 heterocycles. The van der Waals surface area contributed by atoms with Gasteiger partial charge in [-0.15, -0.1) is 11.3 Å². The number of carbonyl (C=O) groups is 5. The van der Waals surface area contributed by atoms with Gasteiger partial charge >= 0.3 is 12.1 Å². The highest BCUT2D eigenvalue weighted by Gasteiger charge is 2.69. The second-order valence-electron chi connectivity index (χ2n) is 12.5. The highest BCUT2D eigenvalue weighted by atomic mass is 32.1. The first-order chi connectivity index (χ1) is 20.1. The minimum atomic E-state index is -5.18. The Bertz CT molecular complexity index is 1440. The SMILES string of the molecule is CC(C)[C@H](NC(=O)C(F)(F)F)C(=O)N1C[C@H]2[C@@H]([C@H]1C(=O)N[C@@H](C[C@@H]1CCNC1=O)C(=O)c1nc3ccccc3s1)C2(C)C. The van der Waals surface area contributed by atoms with Crippen LogP contribution in [0.5, 0.6) is 0 Å². The Morgan fingerprint density at radius 2 is 1.86 bits per heavy atom. The van der Waals surface area contributed by atoms with E-state index in [2.05, 4.69) is 15.6 Å². The predicted octanol–water partition coefficient (Wildman–Crippen LogP) is 2.68. The number of Topliss-reactive ketones (excluding diaryl/α,β-unsaturated/α-hetero) is 1. The fourth-order valence-corrected chi connectivity index (χ4v) is 7.46. The zero-order chi connectivity index (χ0) is 31.4. The van der Waals surface area contributed by atoms with E-state index in [1.54, 1.807) is 17.4 Å². The Kier molecular flexibility index (Phi) is 8.03. The highest BCUT2D eigenvalue weighted by molar-refractivity contribution is 7.20. The van der Waals surface area contributed by atoms with Gasteiger partial charge < -0.3 is 20.9 Å². The van der Waals surface area contributed by atoms with Gasteiger partial charge in [0.05, 0.1) is 16.3 Å². The van der Waals surface area contributed by atoms with Crippen LogP contribution in [-0.4, -0.2) is 76.7 Å². The number of hydrogen-bond acceptors (Lipinski definition) is 7. The van der Waals surface area contributed by atoms with Crippen molar-refractivity contribution in [2.75, 3.05) is 13.1 Å². The summed E-state index contributed by atoms with van der Waals surface area (Å²) in [5.74, 6) is -5.94. The molecule has 1 aromatic heterocycles. The number of para-hydroxylation sites is 1. The van der Waals surface area contributed by atoms with Crippen molar-refractivity contribution < 1.29 is 37.1 Å². The maximum atomic E-state index is 14.0. The van der Waals surface area contributed by atoms with E-state index in [9.17, 15) is 37.1 Å². The number of rotatable bonds is 9. The predicted molar refractivity (Wildman–Crippen MR) is 151 cm³/mol. The van der Waals surface area contributed by atoms with E-state index < -0.39 is 59.6 Å². The number of benzene rings is 1. The molecular formula is C29H34F3N5O5S. The summed E-state index contributed by atoms with van der Waals surface area (Å²) in [5, 5.41) is 7.50. The topological polar surface area (TPSA) is 138 Å². The Hall–Kier alpha value is -3.55. The van der Waals surface area contributed by atoms with Crippen molar-refractivity contribution in [2.45, 2.75) is 64.8 Å². The molecule has 4 amide bonds. The Balaban J connectivity index is 1.41. The molecule has 2 aromatic rings. The van der Waals surface area contributed by atoms with Crippen molar-refractivity contribution in [3.63, 3.8) is 0 Å². The van der Waals surface area contributed by atoms with Crippen molar-refractivity contribution in [2.24, 2.45) is 29.1 Å². The minimum Gasteiger partial charge on any atom is -0.356 e. The number of aromatic nitrogens is 1. The van der Waals surface area contributed by atoms with Gasteiger partial charge in [0.1, 0.15) is 12.1 Å². The van der Waals surface area contributed by atoms with Crippen LogP contribution in [0.2, 0.25) is 0 Å². The molecule has 3 N–H and O–H groups in total. The number of likely N-dealkylation sites (tertiary alicyclic amines) is 1. The van der Waals surface area contributed by atoms with E-state index in [4.69, 9.17) is 0 Å². The van der Waals surface area contributed by atoms with E-state index in [1.807, 2.05) is 26.0 Å². The van der Waals surface area contributed by atoms with Gasteiger partial charge in [-0.3, -0.25) is 24.0 Å². The highest BCUT2D eigenvalue weighted by Crippen LogP contribution is 2.65. The van der Waals surface area contributed by atoms with Crippen molar-refractivity contribution in [3.8, 4) is 0 Å². The van der Waals surface area contributed by atoms with Crippen molar-refractivity contribution in [1.29, 1.82) is 0 Å². The number of fused-ring (bicyclic) bond motifs is 2. The maximum absolute atomic E-state index is 14.0. The van der Waals surface area contributed by atoms with Gasteiger partial charge in [0.25, 0.3) is 0 Å². The first-order valence-corrected chi connectivity index (χ1v) is 15.1. The summed E-state index contributed by atoms with van der Waals surface area (Å²) < 4.78 is 39.9. The van der Waals surface area contributed by atoms with E-state index in [0.717, 1.165) is 4.70 Å². The fourth-order valence-electron chi connectivity index (χ4n) is 6.50. The molecule has 3 fully saturated rings. The van der Waals surface area contributed by atoms with Crippen molar-refractivity contribution >= 4 is 51.0 Å². The molecule has 3 aliphatic rings. The monoisotopic (exact) mass is 621 g/mol. The minimum absolute atomic E-state index is 0.0285. The summed E-state index contributed by atoms with van der Waals surface area (Å²) >= 11 is 1.17. The molecule has 0 bridgehead atoms. The molecule has 0 unspecified atom stereocenters. The van der Waals surface area contributed by atoms with Gasteiger partial charge in [-0.05, 0) is 48.1 Å². The molecule has 14 heteroatoms. The summed E-state index contributed by atoms with van der Waals surface area (Å²) in [6.07, 6.45) is -4.67. The second-order valence-corrected chi connectivity index (χ2v) is 13.5. The number of nitrogens with one attached hydrogen (secondary N) is 3. The molecular weight excluding hydrogens is 587 g/mol. The standard InChI is InChI=1S/C29H34F3N5O5S/c1-13(2)20(36-27(42)29(30,31)32)26(41)37-12-15-19(28(15,3)4)21(37)24(40)34-17(11-14-9-10-33-23(14)39)22(38)25-35-16-7-5-6-8-18(16)43-25/h5-8,13-15,17,19-21H,9-12H2,1-4H3,(H,33,39)(H,34,40)(H,36,42)/t14-,15-,17-,19-,20-,21-/m0/s1. The van der Waals surface area contributed by atoms with Gasteiger partial charge in [0, 0.05) is 19.0 Å². The number of thiazole rings is 1. The number of halogens is 3. The van der Waals surface area contributed by atoms with Gasteiger partial charge in [-0.25, -0.2) is 4.98 Å².